The van der Waals surface area contributed by atoms with Gasteiger partial charge >= 0.3 is 6.03 Å². The molecule has 0 aromatic carbocycles. The summed E-state index contributed by atoms with van der Waals surface area (Å²) in [6.07, 6.45) is 9.43. The van der Waals surface area contributed by atoms with Crippen molar-refractivity contribution in [3.63, 3.8) is 0 Å². The lowest BCUT2D eigenvalue weighted by atomic mass is 9.83. The van der Waals surface area contributed by atoms with E-state index >= 15 is 0 Å². The van der Waals surface area contributed by atoms with Crippen LogP contribution in [0.3, 0.4) is 0 Å². The summed E-state index contributed by atoms with van der Waals surface area (Å²) in [7, 11) is 0. The summed E-state index contributed by atoms with van der Waals surface area (Å²) in [6, 6.07) is 3.61. The first-order valence-corrected chi connectivity index (χ1v) is 10.2. The molecule has 2 saturated carbocycles. The smallest absolute Gasteiger partial charge is 0.315 e. The van der Waals surface area contributed by atoms with Crippen LogP contribution in [0.1, 0.15) is 62.5 Å². The highest BCUT2D eigenvalue weighted by molar-refractivity contribution is 5.74. The maximum atomic E-state index is 12.4. The summed E-state index contributed by atoms with van der Waals surface area (Å²) in [5.41, 5.74) is 0.868. The Bertz CT molecular complexity index is 802. The van der Waals surface area contributed by atoms with E-state index < -0.39 is 6.10 Å². The summed E-state index contributed by atoms with van der Waals surface area (Å²) in [6.45, 7) is 1.87. The maximum absolute atomic E-state index is 12.4. The fourth-order valence-electron chi connectivity index (χ4n) is 4.37. The Hall–Kier alpha value is -2.48. The van der Waals surface area contributed by atoms with Gasteiger partial charge in [-0.15, -0.1) is 0 Å². The second-order valence-corrected chi connectivity index (χ2v) is 7.92. The number of aliphatic hydroxyl groups excluding tert-OH is 1. The van der Waals surface area contributed by atoms with Crippen LogP contribution in [-0.4, -0.2) is 49.1 Å². The van der Waals surface area contributed by atoms with Gasteiger partial charge in [0.1, 0.15) is 11.6 Å². The molecule has 2 aliphatic carbocycles. The number of aryl methyl sites for hydroxylation is 1. The fourth-order valence-corrected chi connectivity index (χ4v) is 4.37. The SMILES string of the molecule is Cc1nc([C@H]2CC[C@@H](O)[C@H](NC(=O)NC3CCCC3)C2)n(-c2cccnc2)n1. The lowest BCUT2D eigenvalue weighted by Gasteiger charge is -2.33. The number of nitrogens with zero attached hydrogens (tertiary/aromatic N) is 4. The fraction of sp³-hybridized carbons (Fsp3) is 0.600. The second-order valence-electron chi connectivity index (χ2n) is 7.92. The van der Waals surface area contributed by atoms with Crippen LogP contribution in [0, 0.1) is 6.92 Å². The van der Waals surface area contributed by atoms with Gasteiger partial charge in [-0.05, 0) is 51.2 Å². The van der Waals surface area contributed by atoms with Crippen molar-refractivity contribution in [2.75, 3.05) is 0 Å². The third kappa shape index (κ3) is 4.16. The van der Waals surface area contributed by atoms with Crippen LogP contribution in [0.25, 0.3) is 5.69 Å². The first-order valence-electron chi connectivity index (χ1n) is 10.2. The molecule has 0 unspecified atom stereocenters. The van der Waals surface area contributed by atoms with Crippen LogP contribution >= 0.6 is 0 Å². The van der Waals surface area contributed by atoms with Gasteiger partial charge in [0.05, 0.1) is 24.0 Å². The minimum absolute atomic E-state index is 0.113. The number of carbonyl (C=O) groups is 1. The van der Waals surface area contributed by atoms with Crippen molar-refractivity contribution in [2.45, 2.75) is 76.0 Å². The standard InChI is InChI=1S/C20H28N6O2/c1-13-22-19(26(25-13)16-7-4-10-21-12-16)14-8-9-18(27)17(11-14)24-20(28)23-15-5-2-3-6-15/h4,7,10,12,14-15,17-18,27H,2-3,5-6,8-9,11H2,1H3,(H2,23,24,28)/t14-,17+,18+/m0/s1. The van der Waals surface area contributed by atoms with Crippen LogP contribution in [0.4, 0.5) is 4.79 Å². The van der Waals surface area contributed by atoms with E-state index in [1.165, 1.54) is 12.8 Å². The Kier molecular flexibility index (Phi) is 5.57. The first-order chi connectivity index (χ1) is 13.6. The molecule has 8 heteroatoms. The summed E-state index contributed by atoms with van der Waals surface area (Å²) in [5, 5.41) is 21.0. The van der Waals surface area contributed by atoms with Crippen LogP contribution < -0.4 is 10.6 Å². The molecule has 3 N–H and O–H groups in total. The Morgan fingerprint density at radius 1 is 1.21 bits per heavy atom. The van der Waals surface area contributed by atoms with Gasteiger partial charge in [0.2, 0.25) is 0 Å². The molecule has 0 radical (unpaired) electrons. The monoisotopic (exact) mass is 384 g/mol. The Morgan fingerprint density at radius 3 is 2.79 bits per heavy atom. The highest BCUT2D eigenvalue weighted by Crippen LogP contribution is 2.33. The highest BCUT2D eigenvalue weighted by atomic mass is 16.3. The van der Waals surface area contributed by atoms with Gasteiger partial charge < -0.3 is 15.7 Å². The van der Waals surface area contributed by atoms with Crippen molar-refractivity contribution >= 4 is 6.03 Å². The number of hydrogen-bond donors (Lipinski definition) is 3. The second kappa shape index (κ2) is 8.26. The van der Waals surface area contributed by atoms with Gasteiger partial charge in [-0.2, -0.15) is 5.10 Å². The lowest BCUT2D eigenvalue weighted by Crippen LogP contribution is -2.51. The van der Waals surface area contributed by atoms with Crippen molar-refractivity contribution in [2.24, 2.45) is 0 Å². The van der Waals surface area contributed by atoms with Crippen LogP contribution in [0.5, 0.6) is 0 Å². The average Bonchev–Trinajstić information content (AvgIpc) is 3.34. The molecule has 2 fully saturated rings. The quantitative estimate of drug-likeness (QED) is 0.750. The van der Waals surface area contributed by atoms with Gasteiger partial charge in [0, 0.05) is 18.2 Å². The zero-order valence-corrected chi connectivity index (χ0v) is 16.2. The minimum Gasteiger partial charge on any atom is -0.391 e. The van der Waals surface area contributed by atoms with Gasteiger partial charge in [0.25, 0.3) is 0 Å². The van der Waals surface area contributed by atoms with Crippen molar-refractivity contribution in [1.82, 2.24) is 30.4 Å². The molecule has 2 aliphatic rings. The lowest BCUT2D eigenvalue weighted by molar-refractivity contribution is 0.0850. The highest BCUT2D eigenvalue weighted by Gasteiger charge is 2.34. The number of rotatable bonds is 4. The van der Waals surface area contributed by atoms with E-state index in [1.54, 1.807) is 12.4 Å². The van der Waals surface area contributed by atoms with E-state index in [0.717, 1.165) is 30.8 Å². The Labute approximate surface area is 164 Å². The number of aromatic nitrogens is 4. The molecule has 0 saturated heterocycles. The van der Waals surface area contributed by atoms with Crippen molar-refractivity contribution in [3.05, 3.63) is 36.2 Å². The van der Waals surface area contributed by atoms with E-state index in [9.17, 15) is 9.90 Å². The van der Waals surface area contributed by atoms with Crippen LogP contribution in [0.2, 0.25) is 0 Å². The van der Waals surface area contributed by atoms with E-state index in [2.05, 4.69) is 25.7 Å². The average molecular weight is 384 g/mol. The number of nitrogens with one attached hydrogen (secondary N) is 2. The Balaban J connectivity index is 1.47. The normalized spacial score (nSPS) is 25.6. The summed E-state index contributed by atoms with van der Waals surface area (Å²) < 4.78 is 1.83. The molecule has 2 amide bonds. The van der Waals surface area contributed by atoms with Crippen molar-refractivity contribution in [3.8, 4) is 5.69 Å². The zero-order chi connectivity index (χ0) is 19.5. The molecule has 0 aliphatic heterocycles. The topological polar surface area (TPSA) is 105 Å². The third-order valence-electron chi connectivity index (χ3n) is 5.81. The molecule has 2 aromatic rings. The summed E-state index contributed by atoms with van der Waals surface area (Å²) in [5.74, 6) is 1.68. The van der Waals surface area contributed by atoms with Gasteiger partial charge in [-0.3, -0.25) is 4.98 Å². The molecular formula is C20H28N6O2. The van der Waals surface area contributed by atoms with Crippen molar-refractivity contribution in [1.29, 1.82) is 0 Å². The molecular weight excluding hydrogens is 356 g/mol. The molecule has 4 rings (SSSR count). The molecule has 28 heavy (non-hydrogen) atoms. The minimum atomic E-state index is -0.540. The number of carbonyl (C=O) groups excluding carboxylic acids is 1. The number of amides is 2. The largest absolute Gasteiger partial charge is 0.391 e. The predicted molar refractivity (Wildman–Crippen MR) is 104 cm³/mol. The molecule has 3 atom stereocenters. The molecule has 2 heterocycles. The van der Waals surface area contributed by atoms with Gasteiger partial charge in [-0.1, -0.05) is 12.8 Å². The number of pyridine rings is 1. The molecule has 150 valence electrons. The molecule has 0 bridgehead atoms. The summed E-state index contributed by atoms with van der Waals surface area (Å²) in [4.78, 5) is 21.2. The number of aliphatic hydroxyl groups is 1. The Morgan fingerprint density at radius 2 is 2.04 bits per heavy atom. The maximum Gasteiger partial charge on any atom is 0.315 e. The number of hydrogen-bond acceptors (Lipinski definition) is 5. The van der Waals surface area contributed by atoms with Crippen LogP contribution in [0.15, 0.2) is 24.5 Å². The number of urea groups is 1. The van der Waals surface area contributed by atoms with Gasteiger partial charge in [-0.25, -0.2) is 14.5 Å². The van der Waals surface area contributed by atoms with E-state index in [1.807, 2.05) is 23.7 Å². The van der Waals surface area contributed by atoms with E-state index in [-0.39, 0.29) is 24.0 Å². The molecule has 0 spiro atoms. The van der Waals surface area contributed by atoms with E-state index in [0.29, 0.717) is 18.7 Å². The summed E-state index contributed by atoms with van der Waals surface area (Å²) >= 11 is 0. The first kappa shape index (κ1) is 18.9. The molecule has 8 nitrogen and oxygen atoms in total. The predicted octanol–water partition coefficient (Wildman–Crippen LogP) is 2.21. The third-order valence-corrected chi connectivity index (χ3v) is 5.81. The van der Waals surface area contributed by atoms with E-state index in [4.69, 9.17) is 0 Å². The van der Waals surface area contributed by atoms with Crippen molar-refractivity contribution < 1.29 is 9.90 Å². The van der Waals surface area contributed by atoms with Crippen LogP contribution in [-0.2, 0) is 0 Å². The zero-order valence-electron chi connectivity index (χ0n) is 16.2. The van der Waals surface area contributed by atoms with Gasteiger partial charge in [0.15, 0.2) is 0 Å². The molecule has 2 aromatic heterocycles.